The van der Waals surface area contributed by atoms with Gasteiger partial charge in [0, 0.05) is 6.42 Å². The summed E-state index contributed by atoms with van der Waals surface area (Å²) in [6.07, 6.45) is 4.31. The number of hydrogen-bond donors (Lipinski definition) is 0. The van der Waals surface area contributed by atoms with Gasteiger partial charge in [-0.25, -0.2) is 0 Å². The van der Waals surface area contributed by atoms with Crippen molar-refractivity contribution in [2.24, 2.45) is 5.92 Å². The molecule has 0 aliphatic carbocycles. The van der Waals surface area contributed by atoms with Gasteiger partial charge in [0.05, 0.1) is 19.3 Å². The lowest BCUT2D eigenvalue weighted by atomic mass is 10.0. The Morgan fingerprint density at radius 2 is 1.79 bits per heavy atom. The number of rotatable bonds is 10. The predicted octanol–water partition coefficient (Wildman–Crippen LogP) is 2.59. The van der Waals surface area contributed by atoms with Crippen LogP contribution in [-0.4, -0.2) is 25.2 Å². The monoisotopic (exact) mass is 269 g/mol. The van der Waals surface area contributed by atoms with Gasteiger partial charge in [0.2, 0.25) is 0 Å². The van der Waals surface area contributed by atoms with E-state index in [1.54, 1.807) is 6.92 Å². The average Bonchev–Trinajstić information content (AvgIpc) is 2.39. The first kappa shape index (κ1) is 17.4. The van der Waals surface area contributed by atoms with Crippen LogP contribution in [0.1, 0.15) is 52.4 Å². The minimum absolute atomic E-state index is 0.133. The highest BCUT2D eigenvalue weighted by Crippen LogP contribution is 2.12. The van der Waals surface area contributed by atoms with Gasteiger partial charge in [0.25, 0.3) is 0 Å². The third-order valence-electron chi connectivity index (χ3n) is 2.64. The molecule has 0 fully saturated rings. The van der Waals surface area contributed by atoms with Gasteiger partial charge >= 0.3 is 11.9 Å². The van der Waals surface area contributed by atoms with E-state index in [1.165, 1.54) is 0 Å². The molecular weight excluding hydrogens is 246 g/mol. The normalized spacial score (nSPS) is 11.4. The van der Waals surface area contributed by atoms with Gasteiger partial charge in [-0.2, -0.15) is 5.26 Å². The van der Waals surface area contributed by atoms with Crippen LogP contribution in [0.25, 0.3) is 0 Å². The molecule has 5 nitrogen and oxygen atoms in total. The molecule has 5 heteroatoms. The van der Waals surface area contributed by atoms with Crippen molar-refractivity contribution in [3.63, 3.8) is 0 Å². The molecule has 0 N–H and O–H groups in total. The molecule has 0 rings (SSSR count). The molecule has 0 saturated carbocycles. The molecule has 0 aromatic rings. The summed E-state index contributed by atoms with van der Waals surface area (Å²) in [5.41, 5.74) is 0. The first-order valence-electron chi connectivity index (χ1n) is 6.87. The maximum absolute atomic E-state index is 11.8. The Balaban J connectivity index is 4.15. The van der Waals surface area contributed by atoms with Crippen LogP contribution >= 0.6 is 0 Å². The second-order valence-electron chi connectivity index (χ2n) is 4.23. The zero-order valence-electron chi connectivity index (χ0n) is 11.8. The quantitative estimate of drug-likeness (QED) is 0.346. The van der Waals surface area contributed by atoms with Gasteiger partial charge in [-0.05, 0) is 19.8 Å². The van der Waals surface area contributed by atoms with Crippen LogP contribution in [0.5, 0.6) is 0 Å². The number of nitrogens with zero attached hydrogens (tertiary/aromatic N) is 1. The van der Waals surface area contributed by atoms with Crippen molar-refractivity contribution in [2.75, 3.05) is 13.2 Å². The summed E-state index contributed by atoms with van der Waals surface area (Å²) in [6.45, 7) is 4.31. The molecule has 0 aliphatic rings. The van der Waals surface area contributed by atoms with Crippen molar-refractivity contribution in [1.82, 2.24) is 0 Å². The zero-order valence-corrected chi connectivity index (χ0v) is 11.8. The third kappa shape index (κ3) is 8.20. The Bertz CT molecular complexity index is 309. The summed E-state index contributed by atoms with van der Waals surface area (Å²) in [5, 5.41) is 8.53. The minimum atomic E-state index is -0.967. The van der Waals surface area contributed by atoms with E-state index < -0.39 is 17.9 Å². The molecule has 0 saturated heterocycles. The van der Waals surface area contributed by atoms with Crippen LogP contribution in [-0.2, 0) is 19.1 Å². The van der Waals surface area contributed by atoms with Crippen molar-refractivity contribution in [3.8, 4) is 6.07 Å². The van der Waals surface area contributed by atoms with Crippen molar-refractivity contribution in [3.05, 3.63) is 0 Å². The van der Waals surface area contributed by atoms with E-state index in [4.69, 9.17) is 14.7 Å². The van der Waals surface area contributed by atoms with E-state index in [-0.39, 0.29) is 19.4 Å². The first-order valence-corrected chi connectivity index (χ1v) is 6.87. The fourth-order valence-electron chi connectivity index (χ4n) is 1.59. The van der Waals surface area contributed by atoms with Gasteiger partial charge in [-0.3, -0.25) is 9.59 Å². The van der Waals surface area contributed by atoms with Crippen molar-refractivity contribution in [1.29, 1.82) is 5.26 Å². The lowest BCUT2D eigenvalue weighted by Crippen LogP contribution is -2.28. The molecule has 0 heterocycles. The van der Waals surface area contributed by atoms with Gasteiger partial charge < -0.3 is 9.47 Å². The number of carbonyl (C=O) groups is 2. The molecule has 0 amide bonds. The van der Waals surface area contributed by atoms with Crippen LogP contribution in [0.15, 0.2) is 0 Å². The number of hydrogen-bond acceptors (Lipinski definition) is 5. The van der Waals surface area contributed by atoms with E-state index in [0.717, 1.165) is 25.7 Å². The first-order chi connectivity index (χ1) is 9.17. The maximum atomic E-state index is 11.8. The minimum Gasteiger partial charge on any atom is -0.465 e. The Morgan fingerprint density at radius 1 is 1.11 bits per heavy atom. The van der Waals surface area contributed by atoms with Crippen LogP contribution < -0.4 is 0 Å². The Labute approximate surface area is 114 Å². The SMILES string of the molecule is CCCCCCOC(=O)C(CCC#N)C(=O)OCC. The number of ether oxygens (including phenoxy) is 2. The molecule has 1 unspecified atom stereocenters. The molecule has 0 aliphatic heterocycles. The lowest BCUT2D eigenvalue weighted by molar-refractivity contribution is -0.162. The molecule has 0 aromatic carbocycles. The Hall–Kier alpha value is -1.57. The Morgan fingerprint density at radius 3 is 2.37 bits per heavy atom. The summed E-state index contributed by atoms with van der Waals surface area (Å²) >= 11 is 0. The van der Waals surface area contributed by atoms with E-state index >= 15 is 0 Å². The molecule has 0 radical (unpaired) electrons. The highest BCUT2D eigenvalue weighted by Gasteiger charge is 2.29. The molecule has 0 spiro atoms. The van der Waals surface area contributed by atoms with E-state index in [9.17, 15) is 9.59 Å². The van der Waals surface area contributed by atoms with Crippen LogP contribution in [0.2, 0.25) is 0 Å². The standard InChI is InChI=1S/C14H23NO4/c1-3-5-6-7-11-19-14(17)12(9-8-10-15)13(16)18-4-2/h12H,3-9,11H2,1-2H3. The van der Waals surface area contributed by atoms with Crippen molar-refractivity contribution in [2.45, 2.75) is 52.4 Å². The predicted molar refractivity (Wildman–Crippen MR) is 70.1 cm³/mol. The fraction of sp³-hybridized carbons (Fsp3) is 0.786. The summed E-state index contributed by atoms with van der Waals surface area (Å²) in [5.74, 6) is -2.15. The van der Waals surface area contributed by atoms with Gasteiger partial charge in [-0.1, -0.05) is 26.2 Å². The van der Waals surface area contributed by atoms with Gasteiger partial charge in [-0.15, -0.1) is 0 Å². The number of carbonyl (C=O) groups excluding carboxylic acids is 2. The summed E-state index contributed by atoms with van der Waals surface area (Å²) in [6, 6.07) is 1.92. The van der Waals surface area contributed by atoms with Gasteiger partial charge in [0.15, 0.2) is 5.92 Å². The second-order valence-corrected chi connectivity index (χ2v) is 4.23. The summed E-state index contributed by atoms with van der Waals surface area (Å²) < 4.78 is 9.88. The third-order valence-corrected chi connectivity index (χ3v) is 2.64. The summed E-state index contributed by atoms with van der Waals surface area (Å²) in [4.78, 5) is 23.4. The van der Waals surface area contributed by atoms with Crippen molar-refractivity contribution < 1.29 is 19.1 Å². The molecule has 0 bridgehead atoms. The fourth-order valence-corrected chi connectivity index (χ4v) is 1.59. The molecule has 0 aromatic heterocycles. The number of esters is 2. The van der Waals surface area contributed by atoms with E-state index in [1.807, 2.05) is 6.07 Å². The highest BCUT2D eigenvalue weighted by atomic mass is 16.6. The Kier molecular flexibility index (Phi) is 10.6. The smallest absolute Gasteiger partial charge is 0.320 e. The maximum Gasteiger partial charge on any atom is 0.320 e. The zero-order chi connectivity index (χ0) is 14.5. The molecular formula is C14H23NO4. The van der Waals surface area contributed by atoms with Crippen LogP contribution in [0.4, 0.5) is 0 Å². The molecule has 19 heavy (non-hydrogen) atoms. The average molecular weight is 269 g/mol. The van der Waals surface area contributed by atoms with E-state index in [0.29, 0.717) is 6.61 Å². The second kappa shape index (κ2) is 11.5. The largest absolute Gasteiger partial charge is 0.465 e. The number of nitriles is 1. The molecule has 108 valence electrons. The van der Waals surface area contributed by atoms with Gasteiger partial charge in [0.1, 0.15) is 0 Å². The summed E-state index contributed by atoms with van der Waals surface area (Å²) in [7, 11) is 0. The van der Waals surface area contributed by atoms with Crippen LogP contribution in [0, 0.1) is 17.2 Å². The van der Waals surface area contributed by atoms with Crippen LogP contribution in [0.3, 0.4) is 0 Å². The lowest BCUT2D eigenvalue weighted by Gasteiger charge is -2.13. The van der Waals surface area contributed by atoms with Crippen molar-refractivity contribution >= 4 is 11.9 Å². The van der Waals surface area contributed by atoms with E-state index in [2.05, 4.69) is 6.92 Å². The number of unbranched alkanes of at least 4 members (excludes halogenated alkanes) is 3. The molecule has 1 atom stereocenters. The highest BCUT2D eigenvalue weighted by molar-refractivity contribution is 5.94. The topological polar surface area (TPSA) is 76.4 Å².